The smallest absolute Gasteiger partial charge is 0.254 e. The maximum atomic E-state index is 11.8. The van der Waals surface area contributed by atoms with Gasteiger partial charge >= 0.3 is 0 Å². The molecule has 0 bridgehead atoms. The van der Waals surface area contributed by atoms with Gasteiger partial charge in [-0.25, -0.2) is 9.97 Å². The topological polar surface area (TPSA) is 58.1 Å². The zero-order chi connectivity index (χ0) is 13.5. The first-order valence-electron chi connectivity index (χ1n) is 7.16. The van der Waals surface area contributed by atoms with Gasteiger partial charge in [-0.1, -0.05) is 13.3 Å². The van der Waals surface area contributed by atoms with Gasteiger partial charge in [-0.15, -0.1) is 0 Å². The molecule has 2 heterocycles. The minimum Gasteiger partial charge on any atom is -0.352 e. The largest absolute Gasteiger partial charge is 0.352 e. The van der Waals surface area contributed by atoms with Crippen LogP contribution in [0.15, 0.2) is 12.4 Å². The Bertz CT molecular complexity index is 398. The molecule has 5 heteroatoms. The number of aromatic nitrogens is 2. The van der Waals surface area contributed by atoms with Crippen molar-refractivity contribution in [3.63, 3.8) is 0 Å². The number of unbranched alkanes of at least 4 members (excludes halogenated alkanes) is 1. The molecule has 1 N–H and O–H groups in total. The monoisotopic (exact) mass is 262 g/mol. The number of carbonyl (C=O) groups excluding carboxylic acids is 1. The molecule has 2 rings (SSSR count). The van der Waals surface area contributed by atoms with Crippen LogP contribution in [0.25, 0.3) is 0 Å². The molecule has 0 atom stereocenters. The number of nitrogens with one attached hydrogen (secondary N) is 1. The van der Waals surface area contributed by atoms with E-state index in [4.69, 9.17) is 0 Å². The van der Waals surface area contributed by atoms with E-state index in [1.807, 2.05) is 0 Å². The summed E-state index contributed by atoms with van der Waals surface area (Å²) in [6.07, 6.45) is 9.00. The highest BCUT2D eigenvalue weighted by molar-refractivity contribution is 5.93. The fraction of sp³-hybridized carbons (Fsp3) is 0.643. The Morgan fingerprint density at radius 3 is 2.58 bits per heavy atom. The summed E-state index contributed by atoms with van der Waals surface area (Å²) in [6, 6.07) is 0. The zero-order valence-corrected chi connectivity index (χ0v) is 11.6. The number of amides is 1. The minimum atomic E-state index is -0.0846. The normalized spacial score (nSPS) is 15.3. The average Bonchev–Trinajstić information content (AvgIpc) is 2.48. The summed E-state index contributed by atoms with van der Waals surface area (Å²) in [7, 11) is 0. The molecule has 19 heavy (non-hydrogen) atoms. The summed E-state index contributed by atoms with van der Waals surface area (Å²) < 4.78 is 0. The van der Waals surface area contributed by atoms with Crippen LogP contribution >= 0.6 is 0 Å². The maximum Gasteiger partial charge on any atom is 0.254 e. The van der Waals surface area contributed by atoms with E-state index in [0.717, 1.165) is 31.9 Å². The highest BCUT2D eigenvalue weighted by atomic mass is 16.1. The van der Waals surface area contributed by atoms with Gasteiger partial charge in [0.15, 0.2) is 0 Å². The molecule has 0 spiro atoms. The molecular formula is C14H22N4O. The predicted molar refractivity (Wildman–Crippen MR) is 75.3 cm³/mol. The molecule has 1 fully saturated rings. The highest BCUT2D eigenvalue weighted by Crippen LogP contribution is 2.14. The Balaban J connectivity index is 1.91. The average molecular weight is 262 g/mol. The quantitative estimate of drug-likeness (QED) is 0.825. The first kappa shape index (κ1) is 13.8. The van der Waals surface area contributed by atoms with Crippen LogP contribution < -0.4 is 10.2 Å². The molecule has 1 amide bonds. The Kier molecular flexibility index (Phi) is 5.12. The zero-order valence-electron chi connectivity index (χ0n) is 11.6. The van der Waals surface area contributed by atoms with Gasteiger partial charge in [0.1, 0.15) is 0 Å². The summed E-state index contributed by atoms with van der Waals surface area (Å²) >= 11 is 0. The first-order chi connectivity index (χ1) is 9.31. The van der Waals surface area contributed by atoms with Crippen molar-refractivity contribution in [1.29, 1.82) is 0 Å². The number of piperidine rings is 1. The van der Waals surface area contributed by atoms with E-state index in [1.165, 1.54) is 19.3 Å². The number of hydrogen-bond acceptors (Lipinski definition) is 4. The Labute approximate surface area is 114 Å². The van der Waals surface area contributed by atoms with Crippen molar-refractivity contribution < 1.29 is 4.79 Å². The van der Waals surface area contributed by atoms with E-state index in [0.29, 0.717) is 12.1 Å². The molecule has 1 aliphatic heterocycles. The van der Waals surface area contributed by atoms with Crippen LogP contribution in [0.4, 0.5) is 5.95 Å². The molecule has 1 aromatic heterocycles. The van der Waals surface area contributed by atoms with Crippen LogP contribution in [0, 0.1) is 0 Å². The minimum absolute atomic E-state index is 0.0846. The summed E-state index contributed by atoms with van der Waals surface area (Å²) in [6.45, 7) is 4.84. The fourth-order valence-corrected chi connectivity index (χ4v) is 2.18. The van der Waals surface area contributed by atoms with Crippen molar-refractivity contribution in [3.8, 4) is 0 Å². The molecule has 1 saturated heterocycles. The van der Waals surface area contributed by atoms with E-state index in [1.54, 1.807) is 12.4 Å². The van der Waals surface area contributed by atoms with Gasteiger partial charge in [0, 0.05) is 32.0 Å². The van der Waals surface area contributed by atoms with Gasteiger partial charge in [-0.2, -0.15) is 0 Å². The molecule has 0 unspecified atom stereocenters. The summed E-state index contributed by atoms with van der Waals surface area (Å²) in [5.74, 6) is 0.656. The lowest BCUT2D eigenvalue weighted by Crippen LogP contribution is -2.31. The number of anilines is 1. The number of carbonyl (C=O) groups is 1. The van der Waals surface area contributed by atoms with Crippen molar-refractivity contribution in [2.75, 3.05) is 24.5 Å². The van der Waals surface area contributed by atoms with Crippen LogP contribution in [0.1, 0.15) is 49.4 Å². The lowest BCUT2D eigenvalue weighted by Gasteiger charge is -2.26. The van der Waals surface area contributed by atoms with Gasteiger partial charge < -0.3 is 10.2 Å². The van der Waals surface area contributed by atoms with Gasteiger partial charge in [0.25, 0.3) is 5.91 Å². The third-order valence-electron chi connectivity index (χ3n) is 3.36. The predicted octanol–water partition coefficient (Wildman–Crippen LogP) is 2.00. The van der Waals surface area contributed by atoms with E-state index >= 15 is 0 Å². The number of nitrogens with zero attached hydrogens (tertiary/aromatic N) is 3. The third kappa shape index (κ3) is 3.91. The summed E-state index contributed by atoms with van der Waals surface area (Å²) in [5, 5.41) is 2.87. The van der Waals surface area contributed by atoms with Crippen LogP contribution in [-0.2, 0) is 0 Å². The molecular weight excluding hydrogens is 240 g/mol. The van der Waals surface area contributed by atoms with Gasteiger partial charge in [0.2, 0.25) is 5.95 Å². The van der Waals surface area contributed by atoms with Crippen LogP contribution in [0.2, 0.25) is 0 Å². The Morgan fingerprint density at radius 2 is 1.95 bits per heavy atom. The molecule has 5 nitrogen and oxygen atoms in total. The molecule has 0 saturated carbocycles. The van der Waals surface area contributed by atoms with E-state index < -0.39 is 0 Å². The molecule has 104 valence electrons. The maximum absolute atomic E-state index is 11.8. The Hall–Kier alpha value is -1.65. The SMILES string of the molecule is CCCCNC(=O)c1cnc(N2CCCCC2)nc1. The summed E-state index contributed by atoms with van der Waals surface area (Å²) in [5.41, 5.74) is 0.539. The van der Waals surface area contributed by atoms with E-state index in [2.05, 4.69) is 27.1 Å². The Morgan fingerprint density at radius 1 is 1.26 bits per heavy atom. The molecule has 0 aliphatic carbocycles. The van der Waals surface area contributed by atoms with Crippen LogP contribution in [-0.4, -0.2) is 35.5 Å². The second-order valence-electron chi connectivity index (χ2n) is 4.93. The number of rotatable bonds is 5. The fourth-order valence-electron chi connectivity index (χ4n) is 2.18. The summed E-state index contributed by atoms with van der Waals surface area (Å²) in [4.78, 5) is 22.6. The third-order valence-corrected chi connectivity index (χ3v) is 3.36. The lowest BCUT2D eigenvalue weighted by molar-refractivity contribution is 0.0952. The first-order valence-corrected chi connectivity index (χ1v) is 7.16. The van der Waals surface area contributed by atoms with Crippen molar-refractivity contribution in [3.05, 3.63) is 18.0 Å². The van der Waals surface area contributed by atoms with E-state index in [9.17, 15) is 4.79 Å². The molecule has 0 radical (unpaired) electrons. The van der Waals surface area contributed by atoms with Crippen molar-refractivity contribution in [2.24, 2.45) is 0 Å². The molecule has 0 aromatic carbocycles. The lowest BCUT2D eigenvalue weighted by atomic mass is 10.1. The standard InChI is InChI=1S/C14H22N4O/c1-2-3-7-15-13(19)12-10-16-14(17-11-12)18-8-5-4-6-9-18/h10-11H,2-9H2,1H3,(H,15,19). The van der Waals surface area contributed by atoms with Crippen LogP contribution in [0.3, 0.4) is 0 Å². The van der Waals surface area contributed by atoms with Crippen molar-refractivity contribution >= 4 is 11.9 Å². The molecule has 1 aliphatic rings. The van der Waals surface area contributed by atoms with Crippen molar-refractivity contribution in [1.82, 2.24) is 15.3 Å². The van der Waals surface area contributed by atoms with Crippen molar-refractivity contribution in [2.45, 2.75) is 39.0 Å². The second-order valence-corrected chi connectivity index (χ2v) is 4.93. The highest BCUT2D eigenvalue weighted by Gasteiger charge is 2.14. The molecule has 1 aromatic rings. The van der Waals surface area contributed by atoms with Crippen LogP contribution in [0.5, 0.6) is 0 Å². The van der Waals surface area contributed by atoms with Gasteiger partial charge in [0.05, 0.1) is 5.56 Å². The van der Waals surface area contributed by atoms with Gasteiger partial charge in [-0.05, 0) is 25.7 Å². The van der Waals surface area contributed by atoms with Gasteiger partial charge in [-0.3, -0.25) is 4.79 Å². The second kappa shape index (κ2) is 7.07. The number of hydrogen-bond donors (Lipinski definition) is 1. The van der Waals surface area contributed by atoms with E-state index in [-0.39, 0.29) is 5.91 Å².